The minimum absolute atomic E-state index is 0.0238. The van der Waals surface area contributed by atoms with Crippen LogP contribution < -0.4 is 5.73 Å². The van der Waals surface area contributed by atoms with Crippen molar-refractivity contribution in [1.29, 1.82) is 0 Å². The van der Waals surface area contributed by atoms with Gasteiger partial charge >= 0.3 is 0 Å². The van der Waals surface area contributed by atoms with Crippen molar-refractivity contribution in [3.8, 4) is 5.69 Å². The highest BCUT2D eigenvalue weighted by atomic mass is 16.6. The summed E-state index contributed by atoms with van der Waals surface area (Å²) in [5, 5.41) is 12.2. The maximum Gasteiger partial charge on any atom is 0.294 e. The van der Waals surface area contributed by atoms with Crippen LogP contribution in [0.5, 0.6) is 0 Å². The summed E-state index contributed by atoms with van der Waals surface area (Å²) in [6.45, 7) is 1.10. The molecule has 1 aliphatic rings. The molecule has 0 aliphatic heterocycles. The molecule has 10 nitrogen and oxygen atoms in total. The molecule has 3 aromatic rings. The molecule has 10 heteroatoms. The Morgan fingerprint density at radius 1 is 1.29 bits per heavy atom. The van der Waals surface area contributed by atoms with Gasteiger partial charge < -0.3 is 24.3 Å². The van der Waals surface area contributed by atoms with Gasteiger partial charge in [0.05, 0.1) is 53.2 Å². The molecule has 2 heterocycles. The summed E-state index contributed by atoms with van der Waals surface area (Å²) in [7, 11) is 1.64. The second-order valence-electron chi connectivity index (χ2n) is 7.70. The second kappa shape index (κ2) is 8.86. The fourth-order valence-electron chi connectivity index (χ4n) is 4.33. The second-order valence-corrected chi connectivity index (χ2v) is 7.70. The molecule has 0 unspecified atom stereocenters. The largest absolute Gasteiger partial charge is 0.382 e. The number of ether oxygens (including phenoxy) is 2. The molecule has 2 aromatic heterocycles. The Balaban J connectivity index is 1.73. The molecule has 1 aliphatic carbocycles. The smallest absolute Gasteiger partial charge is 0.294 e. The van der Waals surface area contributed by atoms with Crippen LogP contribution in [0.3, 0.4) is 0 Å². The number of hydrogen-bond donors (Lipinski definition) is 1. The third kappa shape index (κ3) is 4.17. The maximum atomic E-state index is 12.3. The highest BCUT2D eigenvalue weighted by Crippen LogP contribution is 2.39. The van der Waals surface area contributed by atoms with Gasteiger partial charge in [0.1, 0.15) is 0 Å². The van der Waals surface area contributed by atoms with Gasteiger partial charge in [0, 0.05) is 31.2 Å². The van der Waals surface area contributed by atoms with Crippen molar-refractivity contribution >= 4 is 22.5 Å². The first-order valence-corrected chi connectivity index (χ1v) is 10.2. The van der Waals surface area contributed by atoms with Gasteiger partial charge in [0.2, 0.25) is 0 Å². The van der Waals surface area contributed by atoms with E-state index in [-0.39, 0.29) is 23.4 Å². The van der Waals surface area contributed by atoms with E-state index in [1.54, 1.807) is 42.5 Å². The van der Waals surface area contributed by atoms with Crippen LogP contribution in [-0.2, 0) is 9.47 Å². The lowest BCUT2D eigenvalue weighted by molar-refractivity contribution is -0.383. The van der Waals surface area contributed by atoms with Gasteiger partial charge in [-0.05, 0) is 37.8 Å². The van der Waals surface area contributed by atoms with Crippen molar-refractivity contribution in [2.24, 2.45) is 5.73 Å². The zero-order valence-electron chi connectivity index (χ0n) is 17.3. The Bertz CT molecular complexity index is 1080. The zero-order chi connectivity index (χ0) is 22.0. The van der Waals surface area contributed by atoms with Crippen LogP contribution in [0.15, 0.2) is 37.1 Å². The molecule has 0 saturated heterocycles. The van der Waals surface area contributed by atoms with E-state index in [1.807, 2.05) is 4.57 Å². The van der Waals surface area contributed by atoms with Crippen molar-refractivity contribution in [2.75, 3.05) is 20.3 Å². The summed E-state index contributed by atoms with van der Waals surface area (Å²) >= 11 is 0. The molecule has 1 fully saturated rings. The predicted molar refractivity (Wildman–Crippen MR) is 113 cm³/mol. The van der Waals surface area contributed by atoms with Crippen LogP contribution in [-0.4, -0.2) is 51.4 Å². The molecule has 0 spiro atoms. The average Bonchev–Trinajstić information content (AvgIpc) is 3.42. The minimum atomic E-state index is -0.627. The number of carbonyl (C=O) groups excluding carboxylic acids is 1. The molecule has 4 rings (SSSR count). The standard InChI is InChI=1S/C21H25N5O5/c1-30-8-9-31-16-4-2-14(3-5-16)25-12-19(26(28)29)17-10-15(24-7-6-23-13-24)11-18(20(17)25)21(22)27/h6-7,10-14,16H,2-5,8-9H2,1H3,(H2,22,27). The summed E-state index contributed by atoms with van der Waals surface area (Å²) in [5.74, 6) is -0.627. The molecule has 0 radical (unpaired) electrons. The lowest BCUT2D eigenvalue weighted by Gasteiger charge is -2.30. The Kier molecular flexibility index (Phi) is 6.01. The highest BCUT2D eigenvalue weighted by molar-refractivity contribution is 6.08. The van der Waals surface area contributed by atoms with E-state index >= 15 is 0 Å². The normalized spacial score (nSPS) is 19.0. The number of carbonyl (C=O) groups is 1. The number of nitrogens with two attached hydrogens (primary N) is 1. The fourth-order valence-corrected chi connectivity index (χ4v) is 4.33. The summed E-state index contributed by atoms with van der Waals surface area (Å²) in [6.07, 6.45) is 9.81. The molecule has 2 N–H and O–H groups in total. The number of amides is 1. The summed E-state index contributed by atoms with van der Waals surface area (Å²) in [4.78, 5) is 27.7. The third-order valence-electron chi connectivity index (χ3n) is 5.83. The van der Waals surface area contributed by atoms with Crippen LogP contribution >= 0.6 is 0 Å². The summed E-state index contributed by atoms with van der Waals surface area (Å²) < 4.78 is 14.4. The van der Waals surface area contributed by atoms with Crippen molar-refractivity contribution < 1.29 is 19.2 Å². The van der Waals surface area contributed by atoms with Crippen molar-refractivity contribution in [3.05, 3.63) is 52.7 Å². The number of aromatic nitrogens is 3. The van der Waals surface area contributed by atoms with Crippen molar-refractivity contribution in [2.45, 2.75) is 37.8 Å². The SMILES string of the molecule is COCCOC1CCC(n2cc([N+](=O)[O-])c3cc(-n4ccnc4)cc(C(N)=O)c32)CC1. The van der Waals surface area contributed by atoms with Gasteiger partial charge in [0.25, 0.3) is 11.6 Å². The number of primary amides is 1. The van der Waals surface area contributed by atoms with E-state index in [2.05, 4.69) is 4.98 Å². The minimum Gasteiger partial charge on any atom is -0.382 e. The first kappa shape index (κ1) is 21.0. The molecule has 164 valence electrons. The van der Waals surface area contributed by atoms with Gasteiger partial charge in [-0.2, -0.15) is 0 Å². The van der Waals surface area contributed by atoms with Crippen LogP contribution in [0.4, 0.5) is 5.69 Å². The van der Waals surface area contributed by atoms with E-state index < -0.39 is 10.8 Å². The lowest BCUT2D eigenvalue weighted by atomic mass is 9.92. The first-order chi connectivity index (χ1) is 15.0. The van der Waals surface area contributed by atoms with Crippen molar-refractivity contribution in [3.63, 3.8) is 0 Å². The van der Waals surface area contributed by atoms with Gasteiger partial charge in [-0.3, -0.25) is 14.9 Å². The molecule has 0 atom stereocenters. The van der Waals surface area contributed by atoms with Crippen LogP contribution in [0.1, 0.15) is 42.1 Å². The molecule has 0 bridgehead atoms. The quantitative estimate of drug-likeness (QED) is 0.334. The molecule has 1 saturated carbocycles. The number of benzene rings is 1. The number of imidazole rings is 1. The van der Waals surface area contributed by atoms with E-state index in [1.165, 1.54) is 6.20 Å². The Morgan fingerprint density at radius 2 is 2.06 bits per heavy atom. The number of nitro groups is 1. The summed E-state index contributed by atoms with van der Waals surface area (Å²) in [6, 6.07) is 3.39. The van der Waals surface area contributed by atoms with E-state index in [0.29, 0.717) is 29.8 Å². The number of methoxy groups -OCH3 is 1. The number of rotatable bonds is 8. The number of hydrogen-bond acceptors (Lipinski definition) is 6. The highest BCUT2D eigenvalue weighted by Gasteiger charge is 2.29. The Labute approximate surface area is 178 Å². The Morgan fingerprint density at radius 3 is 2.68 bits per heavy atom. The van der Waals surface area contributed by atoms with Gasteiger partial charge in [-0.25, -0.2) is 4.98 Å². The van der Waals surface area contributed by atoms with E-state index in [4.69, 9.17) is 15.2 Å². The fraction of sp³-hybridized carbons (Fsp3) is 0.429. The lowest BCUT2D eigenvalue weighted by Crippen LogP contribution is -2.25. The van der Waals surface area contributed by atoms with Gasteiger partial charge in [-0.15, -0.1) is 0 Å². The number of nitrogens with zero attached hydrogens (tertiary/aromatic N) is 4. The van der Waals surface area contributed by atoms with Crippen LogP contribution in [0.25, 0.3) is 16.6 Å². The molecular formula is C21H25N5O5. The van der Waals surface area contributed by atoms with Crippen molar-refractivity contribution in [1.82, 2.24) is 14.1 Å². The zero-order valence-corrected chi connectivity index (χ0v) is 17.3. The Hall–Kier alpha value is -3.24. The number of fused-ring (bicyclic) bond motifs is 1. The topological polar surface area (TPSA) is 127 Å². The molecule has 1 aromatic carbocycles. The molecular weight excluding hydrogens is 402 g/mol. The molecule has 1 amide bonds. The predicted octanol–water partition coefficient (Wildman–Crippen LogP) is 2.98. The van der Waals surface area contributed by atoms with Crippen LogP contribution in [0.2, 0.25) is 0 Å². The average molecular weight is 427 g/mol. The summed E-state index contributed by atoms with van der Waals surface area (Å²) in [5.41, 5.74) is 7.01. The van der Waals surface area contributed by atoms with E-state index in [0.717, 1.165) is 25.7 Å². The monoisotopic (exact) mass is 427 g/mol. The van der Waals surface area contributed by atoms with E-state index in [9.17, 15) is 14.9 Å². The third-order valence-corrected chi connectivity index (χ3v) is 5.83. The first-order valence-electron chi connectivity index (χ1n) is 10.2. The maximum absolute atomic E-state index is 12.3. The van der Waals surface area contributed by atoms with Gasteiger partial charge in [0.15, 0.2) is 0 Å². The van der Waals surface area contributed by atoms with Crippen LogP contribution in [0, 0.1) is 10.1 Å². The van der Waals surface area contributed by atoms with Gasteiger partial charge in [-0.1, -0.05) is 0 Å². The molecule has 31 heavy (non-hydrogen) atoms.